The molecule has 158 valence electrons. The van der Waals surface area contributed by atoms with Gasteiger partial charge in [0.05, 0.1) is 12.8 Å². The van der Waals surface area contributed by atoms with Crippen molar-refractivity contribution < 1.29 is 4.42 Å². The molecule has 6 nitrogen and oxygen atoms in total. The number of aliphatic imine (C=N–C) groups is 1. The van der Waals surface area contributed by atoms with Crippen molar-refractivity contribution in [2.24, 2.45) is 4.99 Å². The van der Waals surface area contributed by atoms with Gasteiger partial charge in [0.25, 0.3) is 0 Å². The highest BCUT2D eigenvalue weighted by molar-refractivity contribution is 5.79. The normalized spacial score (nSPS) is 15.6. The highest BCUT2D eigenvalue weighted by Gasteiger charge is 2.10. The SMILES string of the molecule is CN=C(NCCN1CCCCC1)NCc1ccccc1CN(C)Cc1ccco1. The zero-order valence-electron chi connectivity index (χ0n) is 17.9. The lowest BCUT2D eigenvalue weighted by Crippen LogP contribution is -2.42. The van der Waals surface area contributed by atoms with Crippen LogP contribution in [0.15, 0.2) is 52.1 Å². The predicted octanol–water partition coefficient (Wildman–Crippen LogP) is 3.06. The summed E-state index contributed by atoms with van der Waals surface area (Å²) >= 11 is 0. The summed E-state index contributed by atoms with van der Waals surface area (Å²) < 4.78 is 5.47. The van der Waals surface area contributed by atoms with E-state index in [9.17, 15) is 0 Å². The molecule has 29 heavy (non-hydrogen) atoms. The number of piperidine rings is 1. The van der Waals surface area contributed by atoms with E-state index in [0.29, 0.717) is 0 Å². The summed E-state index contributed by atoms with van der Waals surface area (Å²) in [7, 11) is 3.95. The third-order valence-electron chi connectivity index (χ3n) is 5.40. The molecule has 1 aliphatic rings. The van der Waals surface area contributed by atoms with Gasteiger partial charge in [-0.3, -0.25) is 9.89 Å². The third-order valence-corrected chi connectivity index (χ3v) is 5.40. The van der Waals surface area contributed by atoms with Crippen molar-refractivity contribution in [3.05, 3.63) is 59.5 Å². The molecule has 2 aromatic rings. The van der Waals surface area contributed by atoms with E-state index in [2.05, 4.69) is 56.7 Å². The summed E-state index contributed by atoms with van der Waals surface area (Å²) in [6.45, 7) is 6.89. The molecule has 0 unspecified atom stereocenters. The van der Waals surface area contributed by atoms with E-state index >= 15 is 0 Å². The second-order valence-electron chi connectivity index (χ2n) is 7.78. The molecule has 0 saturated carbocycles. The average molecular weight is 398 g/mol. The summed E-state index contributed by atoms with van der Waals surface area (Å²) in [5, 5.41) is 6.92. The molecule has 0 radical (unpaired) electrons. The van der Waals surface area contributed by atoms with Crippen molar-refractivity contribution in [2.45, 2.75) is 38.9 Å². The Balaban J connectivity index is 1.46. The van der Waals surface area contributed by atoms with E-state index < -0.39 is 0 Å². The maximum atomic E-state index is 5.47. The van der Waals surface area contributed by atoms with Gasteiger partial charge in [-0.15, -0.1) is 0 Å². The number of furan rings is 1. The molecule has 3 rings (SSSR count). The van der Waals surface area contributed by atoms with Crippen LogP contribution in [0.1, 0.15) is 36.1 Å². The topological polar surface area (TPSA) is 56.0 Å². The standard InChI is InChI=1S/C23H35N5O/c1-24-23(25-12-15-28-13-6-3-7-14-28)26-17-20-9-4-5-10-21(20)18-27(2)19-22-11-8-16-29-22/h4-5,8-11,16H,3,6-7,12-15,17-19H2,1-2H3,(H2,24,25,26). The van der Waals surface area contributed by atoms with Crippen molar-refractivity contribution in [1.29, 1.82) is 0 Å². The Morgan fingerprint density at radius 1 is 1.03 bits per heavy atom. The van der Waals surface area contributed by atoms with E-state index in [4.69, 9.17) is 4.42 Å². The highest BCUT2D eigenvalue weighted by atomic mass is 16.3. The van der Waals surface area contributed by atoms with Crippen LogP contribution in [-0.4, -0.2) is 56.0 Å². The molecule has 1 aliphatic heterocycles. The Kier molecular flexibility index (Phi) is 8.58. The Labute approximate surface area is 175 Å². The molecule has 0 atom stereocenters. The number of benzene rings is 1. The lowest BCUT2D eigenvalue weighted by atomic mass is 10.1. The van der Waals surface area contributed by atoms with Crippen LogP contribution in [0.25, 0.3) is 0 Å². The number of hydrogen-bond donors (Lipinski definition) is 2. The second kappa shape index (κ2) is 11.6. The van der Waals surface area contributed by atoms with E-state index in [0.717, 1.165) is 44.4 Å². The molecule has 1 aromatic carbocycles. The first-order valence-corrected chi connectivity index (χ1v) is 10.7. The van der Waals surface area contributed by atoms with Gasteiger partial charge in [0.2, 0.25) is 0 Å². The van der Waals surface area contributed by atoms with Gasteiger partial charge in [-0.05, 0) is 56.2 Å². The Morgan fingerprint density at radius 3 is 2.55 bits per heavy atom. The Hall–Kier alpha value is -2.31. The van der Waals surface area contributed by atoms with Gasteiger partial charge >= 0.3 is 0 Å². The zero-order valence-corrected chi connectivity index (χ0v) is 17.9. The first-order valence-electron chi connectivity index (χ1n) is 10.7. The molecule has 1 fully saturated rings. The number of hydrogen-bond acceptors (Lipinski definition) is 4. The summed E-state index contributed by atoms with van der Waals surface area (Å²) in [5.41, 5.74) is 2.61. The van der Waals surface area contributed by atoms with Crippen LogP contribution in [-0.2, 0) is 19.6 Å². The molecule has 2 N–H and O–H groups in total. The quantitative estimate of drug-likeness (QED) is 0.503. The van der Waals surface area contributed by atoms with Crippen LogP contribution in [0, 0.1) is 0 Å². The fourth-order valence-corrected chi connectivity index (χ4v) is 3.81. The van der Waals surface area contributed by atoms with Gasteiger partial charge in [0, 0.05) is 33.2 Å². The summed E-state index contributed by atoms with van der Waals surface area (Å²) in [5.74, 6) is 1.85. The Bertz CT molecular complexity index is 737. The van der Waals surface area contributed by atoms with E-state index in [-0.39, 0.29) is 0 Å². The average Bonchev–Trinajstić information content (AvgIpc) is 3.25. The molecule has 6 heteroatoms. The first-order chi connectivity index (χ1) is 14.2. The van der Waals surface area contributed by atoms with E-state index in [1.54, 1.807) is 6.26 Å². The largest absolute Gasteiger partial charge is 0.468 e. The van der Waals surface area contributed by atoms with Crippen molar-refractivity contribution in [3.63, 3.8) is 0 Å². The number of nitrogens with zero attached hydrogens (tertiary/aromatic N) is 3. The van der Waals surface area contributed by atoms with Crippen LogP contribution in [0.4, 0.5) is 0 Å². The van der Waals surface area contributed by atoms with Gasteiger partial charge in [-0.1, -0.05) is 30.7 Å². The molecule has 2 heterocycles. The number of nitrogens with one attached hydrogen (secondary N) is 2. The maximum absolute atomic E-state index is 5.47. The van der Waals surface area contributed by atoms with Crippen molar-refractivity contribution >= 4 is 5.96 Å². The molecular formula is C23H35N5O. The second-order valence-corrected chi connectivity index (χ2v) is 7.78. The number of likely N-dealkylation sites (tertiary alicyclic amines) is 1. The highest BCUT2D eigenvalue weighted by Crippen LogP contribution is 2.13. The van der Waals surface area contributed by atoms with E-state index in [1.807, 2.05) is 19.2 Å². The molecule has 0 bridgehead atoms. The fraction of sp³-hybridized carbons (Fsp3) is 0.522. The summed E-state index contributed by atoms with van der Waals surface area (Å²) in [6, 6.07) is 12.5. The summed E-state index contributed by atoms with van der Waals surface area (Å²) in [6.07, 6.45) is 5.77. The monoisotopic (exact) mass is 397 g/mol. The van der Waals surface area contributed by atoms with Crippen molar-refractivity contribution in [2.75, 3.05) is 40.3 Å². The molecule has 0 amide bonds. The smallest absolute Gasteiger partial charge is 0.191 e. The fourth-order valence-electron chi connectivity index (χ4n) is 3.81. The minimum absolute atomic E-state index is 0.758. The molecule has 1 aromatic heterocycles. The predicted molar refractivity (Wildman–Crippen MR) is 119 cm³/mol. The van der Waals surface area contributed by atoms with Crippen LogP contribution in [0.2, 0.25) is 0 Å². The lowest BCUT2D eigenvalue weighted by Gasteiger charge is -2.26. The first kappa shape index (κ1) is 21.4. The van der Waals surface area contributed by atoms with Crippen molar-refractivity contribution in [1.82, 2.24) is 20.4 Å². The molecule has 0 spiro atoms. The number of rotatable bonds is 9. The molecule has 0 aliphatic carbocycles. The lowest BCUT2D eigenvalue weighted by molar-refractivity contribution is 0.232. The Morgan fingerprint density at radius 2 is 1.83 bits per heavy atom. The van der Waals surface area contributed by atoms with Gasteiger partial charge in [0.15, 0.2) is 5.96 Å². The summed E-state index contributed by atoms with van der Waals surface area (Å²) in [4.78, 5) is 9.18. The van der Waals surface area contributed by atoms with Crippen LogP contribution in [0.5, 0.6) is 0 Å². The maximum Gasteiger partial charge on any atom is 0.191 e. The van der Waals surface area contributed by atoms with Crippen LogP contribution in [0.3, 0.4) is 0 Å². The minimum Gasteiger partial charge on any atom is -0.468 e. The molecule has 1 saturated heterocycles. The van der Waals surface area contributed by atoms with Gasteiger partial charge in [0.1, 0.15) is 5.76 Å². The van der Waals surface area contributed by atoms with Gasteiger partial charge in [-0.25, -0.2) is 0 Å². The molecular weight excluding hydrogens is 362 g/mol. The zero-order chi connectivity index (χ0) is 20.3. The van der Waals surface area contributed by atoms with E-state index in [1.165, 1.54) is 43.5 Å². The van der Waals surface area contributed by atoms with Crippen LogP contribution < -0.4 is 10.6 Å². The third kappa shape index (κ3) is 7.22. The minimum atomic E-state index is 0.758. The van der Waals surface area contributed by atoms with Gasteiger partial charge in [-0.2, -0.15) is 0 Å². The van der Waals surface area contributed by atoms with Crippen LogP contribution >= 0.6 is 0 Å². The number of guanidine groups is 1. The van der Waals surface area contributed by atoms with Gasteiger partial charge < -0.3 is 20.0 Å². The van der Waals surface area contributed by atoms with Crippen molar-refractivity contribution in [3.8, 4) is 0 Å².